The molecule has 0 spiro atoms. The van der Waals surface area contributed by atoms with Gasteiger partial charge in [-0.1, -0.05) is 310 Å². The molecule has 0 saturated heterocycles. The normalized spacial score (nSPS) is 11.9. The van der Waals surface area contributed by atoms with Crippen LogP contribution in [0.3, 0.4) is 0 Å². The lowest BCUT2D eigenvalue weighted by Crippen LogP contribution is -2.38. The Morgan fingerprint density at radius 1 is 0.310 bits per heavy atom. The van der Waals surface area contributed by atoms with E-state index < -0.39 is 5.41 Å². The third kappa shape index (κ3) is 37.1. The Morgan fingerprint density at radius 2 is 0.500 bits per heavy atom. The van der Waals surface area contributed by atoms with E-state index in [0.29, 0.717) is 5.78 Å². The molecule has 0 heterocycles. The van der Waals surface area contributed by atoms with Crippen molar-refractivity contribution in [2.24, 2.45) is 11.3 Å². The van der Waals surface area contributed by atoms with Crippen LogP contribution in [0.25, 0.3) is 0 Å². The first-order chi connectivity index (χ1) is 28.6. The summed E-state index contributed by atoms with van der Waals surface area (Å²) >= 11 is 0. The molecule has 0 aliphatic heterocycles. The standard InChI is InChI=1S/C56H109O2/c1-5-9-13-17-21-25-29-31-33-37-41-45-49-54(50-46-42-38-34-32-30-26-22-18-14-10-6-2)55(58)56(53-57,51-47-43-39-35-27-23-19-15-11-7-3)52-48-44-40-36-28-24-20-16-12-8-4/h54H,5-52H2,1-4H3. The predicted molar refractivity (Wildman–Crippen MR) is 261 cm³/mol. The van der Waals surface area contributed by atoms with Crippen LogP contribution >= 0.6 is 0 Å². The zero-order valence-electron chi connectivity index (χ0n) is 40.8. The van der Waals surface area contributed by atoms with Gasteiger partial charge in [0.25, 0.3) is 0 Å². The molecule has 0 amide bonds. The summed E-state index contributed by atoms with van der Waals surface area (Å²) in [7, 11) is 0. The summed E-state index contributed by atoms with van der Waals surface area (Å²) in [5.41, 5.74) is -0.862. The number of rotatable bonds is 51. The van der Waals surface area contributed by atoms with Gasteiger partial charge in [0.2, 0.25) is 6.29 Å². The van der Waals surface area contributed by atoms with Crippen LogP contribution in [0.4, 0.5) is 0 Å². The highest BCUT2D eigenvalue weighted by molar-refractivity contribution is 5.99. The maximum Gasteiger partial charge on any atom is 0.212 e. The molecule has 0 unspecified atom stereocenters. The fourth-order valence-electron chi connectivity index (χ4n) is 9.61. The SMILES string of the molecule is CCCCCCCCCCCCCCC(CCCCCCCCCCCCCC)C(=O)C([C]=O)(CCCCCCCCCCCC)CCCCCCCCCCCC. The molecule has 0 aromatic rings. The maximum atomic E-state index is 14.8. The topological polar surface area (TPSA) is 34.1 Å². The first-order valence-corrected chi connectivity index (χ1v) is 27.5. The van der Waals surface area contributed by atoms with Crippen molar-refractivity contribution in [2.75, 3.05) is 0 Å². The summed E-state index contributed by atoms with van der Waals surface area (Å²) in [6, 6.07) is 0. The van der Waals surface area contributed by atoms with Crippen LogP contribution in [0.1, 0.15) is 336 Å². The van der Waals surface area contributed by atoms with Gasteiger partial charge in [0.15, 0.2) is 0 Å². The van der Waals surface area contributed by atoms with Crippen molar-refractivity contribution < 1.29 is 9.59 Å². The smallest absolute Gasteiger partial charge is 0.212 e. The number of Topliss-reactive ketones (excluding diaryl/α,β-unsaturated/α-hetero) is 1. The van der Waals surface area contributed by atoms with E-state index in [1.807, 2.05) is 0 Å². The van der Waals surface area contributed by atoms with Crippen LogP contribution in [-0.4, -0.2) is 12.1 Å². The van der Waals surface area contributed by atoms with Gasteiger partial charge < -0.3 is 0 Å². The lowest BCUT2D eigenvalue weighted by Gasteiger charge is -2.31. The van der Waals surface area contributed by atoms with Gasteiger partial charge in [-0.2, -0.15) is 0 Å². The molecule has 345 valence electrons. The molecule has 1 radical (unpaired) electrons. The first-order valence-electron chi connectivity index (χ1n) is 27.5. The lowest BCUT2D eigenvalue weighted by atomic mass is 9.70. The van der Waals surface area contributed by atoms with Crippen LogP contribution in [0.5, 0.6) is 0 Å². The lowest BCUT2D eigenvalue weighted by molar-refractivity contribution is -0.130. The van der Waals surface area contributed by atoms with Crippen molar-refractivity contribution in [3.05, 3.63) is 0 Å². The van der Waals surface area contributed by atoms with Gasteiger partial charge >= 0.3 is 0 Å². The molecule has 0 rings (SSSR count). The Bertz CT molecular complexity index is 750. The number of ketones is 1. The number of carbonyl (C=O) groups is 1. The molecule has 0 fully saturated rings. The highest BCUT2D eigenvalue weighted by atomic mass is 16.1. The highest BCUT2D eigenvalue weighted by Gasteiger charge is 2.41. The van der Waals surface area contributed by atoms with E-state index in [4.69, 9.17) is 0 Å². The molecule has 0 aromatic heterocycles. The molecule has 0 atom stereocenters. The molecule has 2 heteroatoms. The Balaban J connectivity index is 5.23. The molecular weight excluding hydrogens is 705 g/mol. The van der Waals surface area contributed by atoms with Gasteiger partial charge in [-0.05, 0) is 25.7 Å². The number of hydrogen-bond donors (Lipinski definition) is 0. The molecule has 2 nitrogen and oxygen atoms in total. The van der Waals surface area contributed by atoms with E-state index in [1.165, 1.54) is 244 Å². The van der Waals surface area contributed by atoms with E-state index in [9.17, 15) is 9.59 Å². The minimum atomic E-state index is -0.862. The predicted octanol–water partition coefficient (Wildman–Crippen LogP) is 20.1. The summed E-state index contributed by atoms with van der Waals surface area (Å²) in [6.45, 7) is 9.18. The van der Waals surface area contributed by atoms with E-state index >= 15 is 0 Å². The van der Waals surface area contributed by atoms with Crippen LogP contribution < -0.4 is 0 Å². The molecule has 0 saturated carbocycles. The molecule has 58 heavy (non-hydrogen) atoms. The van der Waals surface area contributed by atoms with Crippen molar-refractivity contribution >= 4 is 12.1 Å². The van der Waals surface area contributed by atoms with Crippen molar-refractivity contribution in [3.8, 4) is 0 Å². The Kier molecular flexibility index (Phi) is 46.9. The second-order valence-electron chi connectivity index (χ2n) is 19.5. The third-order valence-electron chi connectivity index (χ3n) is 13.8. The Hall–Kier alpha value is -0.660. The second kappa shape index (κ2) is 47.4. The fourth-order valence-corrected chi connectivity index (χ4v) is 9.61. The minimum Gasteiger partial charge on any atom is -0.298 e. The van der Waals surface area contributed by atoms with Gasteiger partial charge in [-0.3, -0.25) is 9.59 Å². The maximum absolute atomic E-state index is 14.8. The largest absolute Gasteiger partial charge is 0.298 e. The van der Waals surface area contributed by atoms with Crippen molar-refractivity contribution in [3.63, 3.8) is 0 Å². The fraction of sp³-hybridized carbons (Fsp3) is 0.964. The molecule has 0 aromatic carbocycles. The molecule has 0 N–H and O–H groups in total. The van der Waals surface area contributed by atoms with Crippen molar-refractivity contribution in [2.45, 2.75) is 336 Å². The van der Waals surface area contributed by atoms with Crippen LogP contribution in [-0.2, 0) is 9.59 Å². The average molecular weight is 814 g/mol. The van der Waals surface area contributed by atoms with Gasteiger partial charge in [-0.15, -0.1) is 0 Å². The molecule has 0 aliphatic carbocycles. The van der Waals surface area contributed by atoms with Crippen LogP contribution in [0.2, 0.25) is 0 Å². The molecular formula is C56H109O2. The van der Waals surface area contributed by atoms with E-state index in [-0.39, 0.29) is 5.92 Å². The average Bonchev–Trinajstić information content (AvgIpc) is 3.24. The Labute approximate surface area is 367 Å². The summed E-state index contributed by atoms with van der Waals surface area (Å²) in [4.78, 5) is 27.9. The zero-order chi connectivity index (χ0) is 42.3. The number of unbranched alkanes of at least 4 members (excludes halogenated alkanes) is 40. The summed E-state index contributed by atoms with van der Waals surface area (Å²) < 4.78 is 0. The zero-order valence-corrected chi connectivity index (χ0v) is 40.8. The minimum absolute atomic E-state index is 0.0546. The Morgan fingerprint density at radius 3 is 0.707 bits per heavy atom. The van der Waals surface area contributed by atoms with Gasteiger partial charge in [0, 0.05) is 5.92 Å². The quantitative estimate of drug-likeness (QED) is 0.0453. The van der Waals surface area contributed by atoms with Gasteiger partial charge in [0.1, 0.15) is 5.78 Å². The third-order valence-corrected chi connectivity index (χ3v) is 13.8. The van der Waals surface area contributed by atoms with Gasteiger partial charge in [0.05, 0.1) is 5.41 Å². The molecule has 0 bridgehead atoms. The second-order valence-corrected chi connectivity index (χ2v) is 19.5. The van der Waals surface area contributed by atoms with Crippen LogP contribution in [0.15, 0.2) is 0 Å². The molecule has 0 aliphatic rings. The number of hydrogen-bond acceptors (Lipinski definition) is 2. The van der Waals surface area contributed by atoms with Crippen molar-refractivity contribution in [1.82, 2.24) is 0 Å². The van der Waals surface area contributed by atoms with E-state index in [1.54, 1.807) is 0 Å². The van der Waals surface area contributed by atoms with Crippen LogP contribution in [0, 0.1) is 11.3 Å². The number of carbonyl (C=O) groups excluding carboxylic acids is 2. The van der Waals surface area contributed by atoms with Gasteiger partial charge in [-0.25, -0.2) is 0 Å². The summed E-state index contributed by atoms with van der Waals surface area (Å²) in [5.74, 6) is 0.361. The van der Waals surface area contributed by atoms with E-state index in [0.717, 1.165) is 64.2 Å². The first kappa shape index (κ1) is 57.3. The monoisotopic (exact) mass is 814 g/mol. The summed E-state index contributed by atoms with van der Waals surface area (Å²) in [6.07, 6.45) is 64.1. The summed E-state index contributed by atoms with van der Waals surface area (Å²) in [5, 5.41) is 0. The van der Waals surface area contributed by atoms with Crippen molar-refractivity contribution in [1.29, 1.82) is 0 Å². The van der Waals surface area contributed by atoms with E-state index in [2.05, 4.69) is 34.0 Å². The highest BCUT2D eigenvalue weighted by Crippen LogP contribution is 2.37.